The molecule has 0 heterocycles. The van der Waals surface area contributed by atoms with Crippen LogP contribution in [0, 0.1) is 0 Å². The summed E-state index contributed by atoms with van der Waals surface area (Å²) in [4.78, 5) is 11.9. The molecule has 0 saturated heterocycles. The van der Waals surface area contributed by atoms with Crippen molar-refractivity contribution in [2.24, 2.45) is 5.73 Å². The van der Waals surface area contributed by atoms with Crippen LogP contribution in [0.3, 0.4) is 0 Å². The van der Waals surface area contributed by atoms with Crippen LogP contribution in [0.5, 0.6) is 0 Å². The Bertz CT molecular complexity index is 383. The number of amides is 1. The molecule has 1 amide bonds. The largest absolute Gasteiger partial charge is 0.386 e. The Balaban J connectivity index is 3.25. The number of hydrogen-bond acceptors (Lipinski definition) is 3. The molecular formula is C11H15NO2S. The Hall–Kier alpha value is -1.00. The van der Waals surface area contributed by atoms with Crippen molar-refractivity contribution in [1.29, 1.82) is 0 Å². The monoisotopic (exact) mass is 225 g/mol. The molecule has 0 saturated carbocycles. The Morgan fingerprint density at radius 3 is 2.47 bits per heavy atom. The number of nitrogens with two attached hydrogens (primary N) is 1. The van der Waals surface area contributed by atoms with Crippen LogP contribution in [0.15, 0.2) is 23.1 Å². The Morgan fingerprint density at radius 1 is 1.47 bits per heavy atom. The summed E-state index contributed by atoms with van der Waals surface area (Å²) < 4.78 is 0. The second-order valence-corrected chi connectivity index (χ2v) is 4.69. The third-order valence-corrected chi connectivity index (χ3v) is 2.95. The molecule has 0 aromatic heterocycles. The van der Waals surface area contributed by atoms with E-state index in [1.807, 2.05) is 6.26 Å². The lowest BCUT2D eigenvalue weighted by atomic mass is 9.97. The van der Waals surface area contributed by atoms with Gasteiger partial charge in [0.1, 0.15) is 0 Å². The number of primary amides is 1. The zero-order valence-electron chi connectivity index (χ0n) is 9.07. The fraction of sp³-hybridized carbons (Fsp3) is 0.364. The van der Waals surface area contributed by atoms with Gasteiger partial charge in [-0.15, -0.1) is 11.8 Å². The van der Waals surface area contributed by atoms with Crippen LogP contribution < -0.4 is 5.73 Å². The van der Waals surface area contributed by atoms with Crippen molar-refractivity contribution in [3.05, 3.63) is 29.3 Å². The Labute approximate surface area is 93.7 Å². The molecule has 4 heteroatoms. The van der Waals surface area contributed by atoms with Crippen LogP contribution in [0.2, 0.25) is 0 Å². The zero-order chi connectivity index (χ0) is 11.6. The van der Waals surface area contributed by atoms with Gasteiger partial charge in [0.2, 0.25) is 5.91 Å². The van der Waals surface area contributed by atoms with Gasteiger partial charge in [0, 0.05) is 4.90 Å². The van der Waals surface area contributed by atoms with E-state index in [0.29, 0.717) is 5.56 Å². The van der Waals surface area contributed by atoms with E-state index in [4.69, 9.17) is 5.73 Å². The molecule has 15 heavy (non-hydrogen) atoms. The predicted octanol–water partition coefficient (Wildman–Crippen LogP) is 1.73. The number of thioether (sulfide) groups is 1. The van der Waals surface area contributed by atoms with Crippen molar-refractivity contribution in [3.63, 3.8) is 0 Å². The molecule has 0 bridgehead atoms. The first kappa shape index (κ1) is 12.1. The fourth-order valence-electron chi connectivity index (χ4n) is 1.28. The Morgan fingerprint density at radius 2 is 2.07 bits per heavy atom. The lowest BCUT2D eigenvalue weighted by molar-refractivity contribution is 0.0782. The molecule has 0 unspecified atom stereocenters. The average Bonchev–Trinajstić information content (AvgIpc) is 2.15. The molecular weight excluding hydrogens is 210 g/mol. The first-order valence-corrected chi connectivity index (χ1v) is 5.79. The summed E-state index contributed by atoms with van der Waals surface area (Å²) in [7, 11) is 0. The molecule has 3 nitrogen and oxygen atoms in total. The summed E-state index contributed by atoms with van der Waals surface area (Å²) in [5.41, 5.74) is 5.60. The second-order valence-electron chi connectivity index (χ2n) is 3.84. The van der Waals surface area contributed by atoms with Crippen molar-refractivity contribution in [3.8, 4) is 0 Å². The molecule has 0 aliphatic carbocycles. The minimum Gasteiger partial charge on any atom is -0.386 e. The normalized spacial score (nSPS) is 11.5. The van der Waals surface area contributed by atoms with Gasteiger partial charge in [-0.25, -0.2) is 0 Å². The number of rotatable bonds is 3. The van der Waals surface area contributed by atoms with E-state index < -0.39 is 11.5 Å². The van der Waals surface area contributed by atoms with E-state index in [2.05, 4.69) is 0 Å². The summed E-state index contributed by atoms with van der Waals surface area (Å²) >= 11 is 1.44. The van der Waals surface area contributed by atoms with Gasteiger partial charge in [-0.2, -0.15) is 0 Å². The minimum atomic E-state index is -0.902. The van der Waals surface area contributed by atoms with Gasteiger partial charge in [0.15, 0.2) is 0 Å². The molecule has 82 valence electrons. The fourth-order valence-corrected chi connectivity index (χ4v) is 1.91. The van der Waals surface area contributed by atoms with Crippen molar-refractivity contribution < 1.29 is 9.90 Å². The van der Waals surface area contributed by atoms with Gasteiger partial charge in [-0.1, -0.05) is 6.07 Å². The molecule has 1 aromatic carbocycles. The van der Waals surface area contributed by atoms with Gasteiger partial charge in [0.25, 0.3) is 0 Å². The number of carbonyl (C=O) groups is 1. The SMILES string of the molecule is CSc1cc(C(C)(C)O)ccc1C(N)=O. The quantitative estimate of drug-likeness (QED) is 0.770. The molecule has 3 N–H and O–H groups in total. The third-order valence-electron chi connectivity index (χ3n) is 2.17. The maximum atomic E-state index is 11.1. The molecule has 0 spiro atoms. The summed E-state index contributed by atoms with van der Waals surface area (Å²) in [5.74, 6) is -0.443. The van der Waals surface area contributed by atoms with E-state index in [-0.39, 0.29) is 0 Å². The lowest BCUT2D eigenvalue weighted by Crippen LogP contribution is -2.17. The molecule has 0 aliphatic rings. The van der Waals surface area contributed by atoms with E-state index >= 15 is 0 Å². The summed E-state index contributed by atoms with van der Waals surface area (Å²) in [6.45, 7) is 3.41. The van der Waals surface area contributed by atoms with Crippen molar-refractivity contribution in [1.82, 2.24) is 0 Å². The van der Waals surface area contributed by atoms with Crippen molar-refractivity contribution in [2.45, 2.75) is 24.3 Å². The topological polar surface area (TPSA) is 63.3 Å². The highest BCUT2D eigenvalue weighted by molar-refractivity contribution is 7.98. The van der Waals surface area contributed by atoms with E-state index in [1.54, 1.807) is 32.0 Å². The highest BCUT2D eigenvalue weighted by Gasteiger charge is 2.18. The third kappa shape index (κ3) is 2.73. The molecule has 0 atom stereocenters. The van der Waals surface area contributed by atoms with E-state index in [1.165, 1.54) is 11.8 Å². The second kappa shape index (κ2) is 4.24. The molecule has 0 fully saturated rings. The minimum absolute atomic E-state index is 0.443. The first-order chi connectivity index (χ1) is 6.86. The smallest absolute Gasteiger partial charge is 0.249 e. The molecule has 1 rings (SSSR count). The van der Waals surface area contributed by atoms with E-state index in [9.17, 15) is 9.90 Å². The lowest BCUT2D eigenvalue weighted by Gasteiger charge is -2.19. The van der Waals surface area contributed by atoms with Gasteiger partial charge in [-0.05, 0) is 37.8 Å². The van der Waals surface area contributed by atoms with E-state index in [0.717, 1.165) is 10.5 Å². The number of benzene rings is 1. The highest BCUT2D eigenvalue weighted by atomic mass is 32.2. The maximum Gasteiger partial charge on any atom is 0.249 e. The first-order valence-electron chi connectivity index (χ1n) is 4.57. The molecule has 0 radical (unpaired) electrons. The van der Waals surface area contributed by atoms with Crippen LogP contribution in [0.25, 0.3) is 0 Å². The van der Waals surface area contributed by atoms with Crippen LogP contribution in [0.4, 0.5) is 0 Å². The highest BCUT2D eigenvalue weighted by Crippen LogP contribution is 2.27. The summed E-state index contributed by atoms with van der Waals surface area (Å²) in [5, 5.41) is 9.81. The molecule has 1 aromatic rings. The van der Waals surface area contributed by atoms with Crippen molar-refractivity contribution >= 4 is 17.7 Å². The maximum absolute atomic E-state index is 11.1. The summed E-state index contributed by atoms with van der Waals surface area (Å²) in [6.07, 6.45) is 1.87. The zero-order valence-corrected chi connectivity index (χ0v) is 9.89. The van der Waals surface area contributed by atoms with Gasteiger partial charge < -0.3 is 10.8 Å². The van der Waals surface area contributed by atoms with Crippen LogP contribution in [0.1, 0.15) is 29.8 Å². The number of aliphatic hydroxyl groups is 1. The standard InChI is InChI=1S/C11H15NO2S/c1-11(2,14)7-4-5-8(10(12)13)9(6-7)15-3/h4-6,14H,1-3H3,(H2,12,13). The van der Waals surface area contributed by atoms with Gasteiger partial charge in [0.05, 0.1) is 11.2 Å². The summed E-state index contributed by atoms with van der Waals surface area (Å²) in [6, 6.07) is 5.17. The van der Waals surface area contributed by atoms with Crippen LogP contribution in [-0.2, 0) is 5.60 Å². The van der Waals surface area contributed by atoms with Crippen molar-refractivity contribution in [2.75, 3.05) is 6.26 Å². The van der Waals surface area contributed by atoms with Gasteiger partial charge in [-0.3, -0.25) is 4.79 Å². The number of carbonyl (C=O) groups excluding carboxylic acids is 1. The Kier molecular flexibility index (Phi) is 3.42. The molecule has 0 aliphatic heterocycles. The van der Waals surface area contributed by atoms with Gasteiger partial charge >= 0.3 is 0 Å². The number of hydrogen-bond donors (Lipinski definition) is 2. The average molecular weight is 225 g/mol. The predicted molar refractivity (Wildman–Crippen MR) is 62.0 cm³/mol. The van der Waals surface area contributed by atoms with Crippen LogP contribution in [-0.4, -0.2) is 17.3 Å². The van der Waals surface area contributed by atoms with Crippen LogP contribution >= 0.6 is 11.8 Å².